The highest BCUT2D eigenvalue weighted by atomic mass is 16.4. The van der Waals surface area contributed by atoms with Crippen LogP contribution in [0.2, 0.25) is 0 Å². The van der Waals surface area contributed by atoms with Crippen molar-refractivity contribution in [1.29, 1.82) is 0 Å². The Hall–Kier alpha value is -1.79. The number of amides is 3. The molecule has 0 aromatic heterocycles. The van der Waals surface area contributed by atoms with Crippen molar-refractivity contribution < 1.29 is 19.5 Å². The summed E-state index contributed by atoms with van der Waals surface area (Å²) in [4.78, 5) is 34.0. The van der Waals surface area contributed by atoms with E-state index in [2.05, 4.69) is 10.6 Å². The van der Waals surface area contributed by atoms with Gasteiger partial charge in [-0.3, -0.25) is 9.59 Å². The normalized spacial score (nSPS) is 11.4. The van der Waals surface area contributed by atoms with Gasteiger partial charge in [0.15, 0.2) is 0 Å². The second-order valence-electron chi connectivity index (χ2n) is 3.32. The molecule has 0 saturated carbocycles. The number of carbonyl (C=O) groups is 3. The van der Waals surface area contributed by atoms with E-state index in [1.54, 1.807) is 6.92 Å². The highest BCUT2D eigenvalue weighted by Crippen LogP contribution is 1.88. The van der Waals surface area contributed by atoms with Crippen LogP contribution in [0.15, 0.2) is 0 Å². The van der Waals surface area contributed by atoms with E-state index in [0.29, 0.717) is 6.54 Å². The summed E-state index contributed by atoms with van der Waals surface area (Å²) in [6, 6.07) is -1.29. The van der Waals surface area contributed by atoms with Crippen LogP contribution >= 0.6 is 0 Å². The molecular formula is C9H17N3O4. The summed E-state index contributed by atoms with van der Waals surface area (Å²) in [6.45, 7) is 3.36. The van der Waals surface area contributed by atoms with Crippen LogP contribution in [0.1, 0.15) is 13.8 Å². The Morgan fingerprint density at radius 3 is 2.38 bits per heavy atom. The van der Waals surface area contributed by atoms with Gasteiger partial charge in [0.25, 0.3) is 0 Å². The Bertz CT molecular complexity index is 280. The fraction of sp³-hybridized carbons (Fsp3) is 0.667. The molecule has 0 aromatic rings. The third-order valence-electron chi connectivity index (χ3n) is 1.80. The molecule has 3 amide bonds. The zero-order chi connectivity index (χ0) is 12.7. The second kappa shape index (κ2) is 6.65. The van der Waals surface area contributed by atoms with Crippen LogP contribution < -0.4 is 10.6 Å². The number of nitrogens with zero attached hydrogens (tertiary/aromatic N) is 1. The van der Waals surface area contributed by atoms with E-state index in [1.807, 2.05) is 0 Å². The van der Waals surface area contributed by atoms with Crippen molar-refractivity contribution in [2.75, 3.05) is 20.1 Å². The molecule has 16 heavy (non-hydrogen) atoms. The summed E-state index contributed by atoms with van der Waals surface area (Å²) < 4.78 is 0. The van der Waals surface area contributed by atoms with Gasteiger partial charge in [-0.1, -0.05) is 0 Å². The molecule has 0 radical (unpaired) electrons. The highest BCUT2D eigenvalue weighted by molar-refractivity contribution is 5.87. The molecule has 0 aliphatic heterocycles. The summed E-state index contributed by atoms with van der Waals surface area (Å²) >= 11 is 0. The van der Waals surface area contributed by atoms with E-state index in [9.17, 15) is 14.4 Å². The number of hydrogen-bond donors (Lipinski definition) is 3. The Kier molecular flexibility index (Phi) is 5.91. The molecule has 1 unspecified atom stereocenters. The van der Waals surface area contributed by atoms with Gasteiger partial charge in [-0.05, 0) is 13.8 Å². The topological polar surface area (TPSA) is 98.7 Å². The molecule has 92 valence electrons. The first-order valence-corrected chi connectivity index (χ1v) is 4.89. The summed E-state index contributed by atoms with van der Waals surface area (Å²) in [7, 11) is 1.34. The minimum Gasteiger partial charge on any atom is -0.480 e. The monoisotopic (exact) mass is 231 g/mol. The third-order valence-corrected chi connectivity index (χ3v) is 1.80. The maximum atomic E-state index is 11.4. The maximum absolute atomic E-state index is 11.4. The van der Waals surface area contributed by atoms with E-state index in [-0.39, 0.29) is 5.91 Å². The molecule has 1 atom stereocenters. The van der Waals surface area contributed by atoms with Crippen LogP contribution in [0, 0.1) is 0 Å². The summed E-state index contributed by atoms with van der Waals surface area (Å²) in [5.74, 6) is -1.41. The Morgan fingerprint density at radius 1 is 1.38 bits per heavy atom. The van der Waals surface area contributed by atoms with Crippen molar-refractivity contribution in [3.8, 4) is 0 Å². The largest absolute Gasteiger partial charge is 0.480 e. The SMILES string of the molecule is CCNC(=O)C(C)NC(=O)N(C)CC(=O)O. The first kappa shape index (κ1) is 14.2. The van der Waals surface area contributed by atoms with Gasteiger partial charge < -0.3 is 20.6 Å². The van der Waals surface area contributed by atoms with E-state index >= 15 is 0 Å². The van der Waals surface area contributed by atoms with Crippen LogP contribution in [-0.2, 0) is 9.59 Å². The van der Waals surface area contributed by atoms with Gasteiger partial charge >= 0.3 is 12.0 Å². The van der Waals surface area contributed by atoms with Crippen LogP contribution in [0.5, 0.6) is 0 Å². The standard InChI is InChI=1S/C9H17N3O4/c1-4-10-8(15)6(2)11-9(16)12(3)5-7(13)14/h6H,4-5H2,1-3H3,(H,10,15)(H,11,16)(H,13,14). The molecule has 0 rings (SSSR count). The first-order chi connectivity index (χ1) is 7.38. The van der Waals surface area contributed by atoms with E-state index in [4.69, 9.17) is 5.11 Å². The Morgan fingerprint density at radius 2 is 1.94 bits per heavy atom. The quantitative estimate of drug-likeness (QED) is 0.579. The molecule has 0 fully saturated rings. The molecule has 0 heterocycles. The number of hydrogen-bond acceptors (Lipinski definition) is 3. The number of urea groups is 1. The molecule has 0 bridgehead atoms. The van der Waals surface area contributed by atoms with Gasteiger partial charge in [0.1, 0.15) is 12.6 Å². The first-order valence-electron chi connectivity index (χ1n) is 4.89. The molecule has 7 heteroatoms. The summed E-state index contributed by atoms with van der Waals surface area (Å²) in [6.07, 6.45) is 0. The van der Waals surface area contributed by atoms with Gasteiger partial charge in [0.05, 0.1) is 0 Å². The number of carboxylic acids is 1. The van der Waals surface area contributed by atoms with Crippen LogP contribution in [0.25, 0.3) is 0 Å². The van der Waals surface area contributed by atoms with Crippen LogP contribution in [0.3, 0.4) is 0 Å². The minimum atomic E-state index is -1.11. The fourth-order valence-electron chi connectivity index (χ4n) is 0.963. The Balaban J connectivity index is 4.12. The summed E-state index contributed by atoms with van der Waals surface area (Å²) in [5.41, 5.74) is 0. The lowest BCUT2D eigenvalue weighted by Crippen LogP contribution is -2.49. The minimum absolute atomic E-state index is 0.306. The highest BCUT2D eigenvalue weighted by Gasteiger charge is 2.18. The average molecular weight is 231 g/mol. The van der Waals surface area contributed by atoms with Crippen LogP contribution in [0.4, 0.5) is 4.79 Å². The smallest absolute Gasteiger partial charge is 0.323 e. The van der Waals surface area contributed by atoms with E-state index in [1.165, 1.54) is 14.0 Å². The van der Waals surface area contributed by atoms with Gasteiger partial charge in [0, 0.05) is 13.6 Å². The van der Waals surface area contributed by atoms with Gasteiger partial charge in [-0.2, -0.15) is 0 Å². The lowest BCUT2D eigenvalue weighted by molar-refractivity contribution is -0.137. The van der Waals surface area contributed by atoms with Crippen molar-refractivity contribution >= 4 is 17.9 Å². The van der Waals surface area contributed by atoms with Crippen molar-refractivity contribution in [1.82, 2.24) is 15.5 Å². The third kappa shape index (κ3) is 5.18. The van der Waals surface area contributed by atoms with Crippen molar-refractivity contribution in [2.45, 2.75) is 19.9 Å². The molecular weight excluding hydrogens is 214 g/mol. The molecule has 7 nitrogen and oxygen atoms in total. The summed E-state index contributed by atoms with van der Waals surface area (Å²) in [5, 5.41) is 13.4. The van der Waals surface area contributed by atoms with E-state index < -0.39 is 24.6 Å². The zero-order valence-corrected chi connectivity index (χ0v) is 9.61. The average Bonchev–Trinajstić information content (AvgIpc) is 2.16. The predicted molar refractivity (Wildman–Crippen MR) is 56.9 cm³/mol. The van der Waals surface area contributed by atoms with E-state index in [0.717, 1.165) is 4.90 Å². The molecule has 3 N–H and O–H groups in total. The Labute approximate surface area is 93.8 Å². The molecule has 0 saturated heterocycles. The number of likely N-dealkylation sites (N-methyl/N-ethyl adjacent to an activating group) is 2. The molecule has 0 spiro atoms. The number of rotatable bonds is 5. The van der Waals surface area contributed by atoms with Gasteiger partial charge in [0.2, 0.25) is 5.91 Å². The van der Waals surface area contributed by atoms with Crippen LogP contribution in [-0.4, -0.2) is 54.1 Å². The fourth-order valence-corrected chi connectivity index (χ4v) is 0.963. The predicted octanol–water partition coefficient (Wildman–Crippen LogP) is -0.763. The number of carbonyl (C=O) groups excluding carboxylic acids is 2. The lowest BCUT2D eigenvalue weighted by Gasteiger charge is -2.19. The number of nitrogens with one attached hydrogen (secondary N) is 2. The maximum Gasteiger partial charge on any atom is 0.323 e. The lowest BCUT2D eigenvalue weighted by atomic mass is 10.3. The molecule has 0 aromatic carbocycles. The van der Waals surface area contributed by atoms with Gasteiger partial charge in [-0.15, -0.1) is 0 Å². The molecule has 0 aliphatic carbocycles. The second-order valence-corrected chi connectivity index (χ2v) is 3.32. The van der Waals surface area contributed by atoms with Crippen molar-refractivity contribution in [3.63, 3.8) is 0 Å². The van der Waals surface area contributed by atoms with Crippen molar-refractivity contribution in [3.05, 3.63) is 0 Å². The van der Waals surface area contributed by atoms with Crippen molar-refractivity contribution in [2.24, 2.45) is 0 Å². The van der Waals surface area contributed by atoms with Gasteiger partial charge in [-0.25, -0.2) is 4.79 Å². The number of carboxylic acid groups (broad SMARTS) is 1. The number of aliphatic carboxylic acids is 1. The molecule has 0 aliphatic rings. The zero-order valence-electron chi connectivity index (χ0n) is 9.61.